The Bertz CT molecular complexity index is 213. The Kier molecular flexibility index (Phi) is 13.0. The smallest absolute Gasteiger partial charge is 0.249 e. The van der Waals surface area contributed by atoms with Gasteiger partial charge in [0.15, 0.2) is 0 Å². The molecular weight excluding hydrogens is 256 g/mol. The predicted octanol–water partition coefficient (Wildman–Crippen LogP) is -1.26. The second kappa shape index (κ2) is 11.7. The molecule has 7 heteroatoms. The molecule has 0 fully saturated rings. The average Bonchev–Trinajstić information content (AvgIpc) is 2.38. The lowest BCUT2D eigenvalue weighted by Crippen LogP contribution is -2.45. The molecule has 0 rings (SSSR count). The Morgan fingerprint density at radius 2 is 1.94 bits per heavy atom. The third kappa shape index (κ3) is 9.67. The molecule has 0 saturated heterocycles. The second-order valence-electron chi connectivity index (χ2n) is 4.43. The maximum Gasteiger partial charge on any atom is 0.249 e. The van der Waals surface area contributed by atoms with Crippen LogP contribution in [0.3, 0.4) is 0 Å². The molecule has 6 nitrogen and oxygen atoms in total. The molecule has 18 heavy (non-hydrogen) atoms. The topological polar surface area (TPSA) is 116 Å². The van der Waals surface area contributed by atoms with Crippen LogP contribution < -0.4 is 11.1 Å². The number of aliphatic hydroxyl groups is 3. The molecular formula is C11H26N2O4S. The molecule has 0 saturated carbocycles. The van der Waals surface area contributed by atoms with Crippen molar-refractivity contribution >= 4 is 18.5 Å². The number of rotatable bonds is 7. The Balaban J connectivity index is 0. The summed E-state index contributed by atoms with van der Waals surface area (Å²) in [7, 11) is 0. The summed E-state index contributed by atoms with van der Waals surface area (Å²) in [4.78, 5) is 11.3. The fourth-order valence-corrected chi connectivity index (χ4v) is 0.829. The molecule has 0 heterocycles. The fraction of sp³-hybridized carbons (Fsp3) is 0.909. The molecule has 110 valence electrons. The van der Waals surface area contributed by atoms with Gasteiger partial charge in [-0.15, -0.1) is 0 Å². The Morgan fingerprint density at radius 1 is 1.44 bits per heavy atom. The van der Waals surface area contributed by atoms with Crippen molar-refractivity contribution in [1.29, 1.82) is 0 Å². The Hall–Kier alpha value is -0.340. The number of hydrogen-bond donors (Lipinski definition) is 6. The van der Waals surface area contributed by atoms with Gasteiger partial charge < -0.3 is 26.4 Å². The number of carbonyl (C=O) groups excluding carboxylic acids is 1. The van der Waals surface area contributed by atoms with E-state index in [-0.39, 0.29) is 13.2 Å². The molecule has 1 amide bonds. The first-order chi connectivity index (χ1) is 8.37. The molecule has 0 aliphatic heterocycles. The first-order valence-electron chi connectivity index (χ1n) is 5.85. The van der Waals surface area contributed by atoms with Gasteiger partial charge in [0.2, 0.25) is 5.91 Å². The van der Waals surface area contributed by atoms with Crippen molar-refractivity contribution in [3.05, 3.63) is 0 Å². The summed E-state index contributed by atoms with van der Waals surface area (Å²) in [5.41, 5.74) is 4.11. The van der Waals surface area contributed by atoms with Crippen molar-refractivity contribution < 1.29 is 20.1 Å². The lowest BCUT2D eigenvalue weighted by atomic mass is 9.87. The van der Waals surface area contributed by atoms with Crippen LogP contribution in [0.4, 0.5) is 0 Å². The van der Waals surface area contributed by atoms with Crippen LogP contribution in [0.5, 0.6) is 0 Å². The number of aliphatic hydroxyl groups excluding tert-OH is 3. The van der Waals surface area contributed by atoms with Crippen LogP contribution in [0, 0.1) is 5.41 Å². The molecule has 0 aromatic heterocycles. The van der Waals surface area contributed by atoms with E-state index in [1.807, 2.05) is 0 Å². The van der Waals surface area contributed by atoms with E-state index in [2.05, 4.69) is 17.9 Å². The van der Waals surface area contributed by atoms with Gasteiger partial charge in [-0.05, 0) is 6.42 Å². The summed E-state index contributed by atoms with van der Waals surface area (Å²) in [6, 6.07) is 0. The van der Waals surface area contributed by atoms with Crippen molar-refractivity contribution in [1.82, 2.24) is 5.32 Å². The van der Waals surface area contributed by atoms with Crippen LogP contribution in [0.2, 0.25) is 0 Å². The summed E-state index contributed by atoms with van der Waals surface area (Å²) in [5.74, 6) is 0.275. The van der Waals surface area contributed by atoms with Crippen molar-refractivity contribution in [2.75, 3.05) is 32.1 Å². The highest BCUT2D eigenvalue weighted by atomic mass is 32.1. The van der Waals surface area contributed by atoms with Crippen LogP contribution in [0.25, 0.3) is 0 Å². The molecule has 0 aromatic carbocycles. The Morgan fingerprint density at radius 3 is 2.28 bits per heavy atom. The number of carbonyl (C=O) groups is 1. The van der Waals surface area contributed by atoms with Gasteiger partial charge in [0, 0.05) is 30.9 Å². The summed E-state index contributed by atoms with van der Waals surface area (Å²) in [6.45, 7) is 3.95. The van der Waals surface area contributed by atoms with Crippen LogP contribution in [-0.2, 0) is 4.79 Å². The largest absolute Gasteiger partial charge is 0.396 e. The molecule has 0 aromatic rings. The highest BCUT2D eigenvalue weighted by molar-refractivity contribution is 7.80. The van der Waals surface area contributed by atoms with Crippen molar-refractivity contribution in [2.45, 2.75) is 26.4 Å². The molecule has 1 atom stereocenters. The Labute approximate surface area is 114 Å². The van der Waals surface area contributed by atoms with Crippen LogP contribution in [0.15, 0.2) is 0 Å². The van der Waals surface area contributed by atoms with Crippen molar-refractivity contribution in [3.63, 3.8) is 0 Å². The summed E-state index contributed by atoms with van der Waals surface area (Å²) in [6.07, 6.45) is -0.774. The van der Waals surface area contributed by atoms with Crippen molar-refractivity contribution in [2.24, 2.45) is 11.1 Å². The van der Waals surface area contributed by atoms with Crippen LogP contribution in [-0.4, -0.2) is 59.4 Å². The third-order valence-electron chi connectivity index (χ3n) is 2.16. The number of thiol groups is 1. The van der Waals surface area contributed by atoms with Gasteiger partial charge in [0.1, 0.15) is 6.10 Å². The number of nitrogens with two attached hydrogens (primary N) is 1. The molecule has 0 aliphatic rings. The minimum atomic E-state index is -1.23. The molecule has 0 radical (unpaired) electrons. The normalized spacial score (nSPS) is 12.4. The van der Waals surface area contributed by atoms with E-state index in [0.717, 1.165) is 5.75 Å². The molecule has 0 aliphatic carbocycles. The van der Waals surface area contributed by atoms with Gasteiger partial charge in [0.05, 0.1) is 6.61 Å². The second-order valence-corrected chi connectivity index (χ2v) is 4.88. The quantitative estimate of drug-likeness (QED) is 0.257. The van der Waals surface area contributed by atoms with Gasteiger partial charge in [-0.25, -0.2) is 0 Å². The van der Waals surface area contributed by atoms with E-state index < -0.39 is 17.4 Å². The molecule has 0 bridgehead atoms. The zero-order chi connectivity index (χ0) is 14.6. The number of amides is 1. The minimum Gasteiger partial charge on any atom is -0.396 e. The summed E-state index contributed by atoms with van der Waals surface area (Å²) < 4.78 is 0. The maximum absolute atomic E-state index is 11.3. The van der Waals surface area contributed by atoms with E-state index in [0.29, 0.717) is 19.5 Å². The van der Waals surface area contributed by atoms with Gasteiger partial charge in [-0.3, -0.25) is 4.79 Å². The lowest BCUT2D eigenvalue weighted by molar-refractivity contribution is -0.137. The summed E-state index contributed by atoms with van der Waals surface area (Å²) >= 11 is 3.80. The van der Waals surface area contributed by atoms with Gasteiger partial charge in [-0.1, -0.05) is 13.8 Å². The molecule has 1 unspecified atom stereocenters. The monoisotopic (exact) mass is 282 g/mol. The van der Waals surface area contributed by atoms with Crippen LogP contribution in [0.1, 0.15) is 20.3 Å². The lowest BCUT2D eigenvalue weighted by Gasteiger charge is -2.27. The third-order valence-corrected chi connectivity index (χ3v) is 2.42. The zero-order valence-electron chi connectivity index (χ0n) is 11.1. The summed E-state index contributed by atoms with van der Waals surface area (Å²) in [5, 5.41) is 29.3. The van der Waals surface area contributed by atoms with E-state index in [4.69, 9.17) is 15.9 Å². The zero-order valence-corrected chi connectivity index (χ0v) is 12.0. The van der Waals surface area contributed by atoms with E-state index in [1.54, 1.807) is 13.8 Å². The van der Waals surface area contributed by atoms with E-state index in [9.17, 15) is 9.90 Å². The van der Waals surface area contributed by atoms with E-state index in [1.165, 1.54) is 0 Å². The highest BCUT2D eigenvalue weighted by Crippen LogP contribution is 2.19. The fourth-order valence-electron chi connectivity index (χ4n) is 0.829. The van der Waals surface area contributed by atoms with Gasteiger partial charge in [0.25, 0.3) is 0 Å². The van der Waals surface area contributed by atoms with Gasteiger partial charge in [-0.2, -0.15) is 12.6 Å². The molecule has 6 N–H and O–H groups in total. The van der Waals surface area contributed by atoms with Crippen LogP contribution >= 0.6 is 12.6 Å². The predicted molar refractivity (Wildman–Crippen MR) is 74.5 cm³/mol. The standard InChI is InChI=1S/C9H19NO4.C2H7NS/c1-9(2,6-12)7(13)8(14)10-4-3-5-11;3-1-2-4/h7,11-13H,3-6H2,1-2H3,(H,10,14);4H,1-3H2. The highest BCUT2D eigenvalue weighted by Gasteiger charge is 2.32. The first-order valence-corrected chi connectivity index (χ1v) is 6.49. The number of hydrogen-bond acceptors (Lipinski definition) is 6. The van der Waals surface area contributed by atoms with Crippen molar-refractivity contribution in [3.8, 4) is 0 Å². The maximum atomic E-state index is 11.3. The minimum absolute atomic E-state index is 0.000230. The van der Waals surface area contributed by atoms with Gasteiger partial charge >= 0.3 is 0 Å². The molecule has 0 spiro atoms. The SMILES string of the molecule is CC(C)(CO)C(O)C(=O)NCCCO.NCCS. The first kappa shape index (κ1) is 20.0. The average molecular weight is 282 g/mol. The van der Waals surface area contributed by atoms with E-state index >= 15 is 0 Å². The number of nitrogens with one attached hydrogen (secondary N) is 1.